The Balaban J connectivity index is 0.00000523. The van der Waals surface area contributed by atoms with Crippen LogP contribution >= 0.6 is 24.0 Å². The predicted octanol–water partition coefficient (Wildman–Crippen LogP) is 4.66. The summed E-state index contributed by atoms with van der Waals surface area (Å²) in [6.45, 7) is 5.90. The van der Waals surface area contributed by atoms with Gasteiger partial charge in [-0.05, 0) is 89.1 Å². The summed E-state index contributed by atoms with van der Waals surface area (Å²) in [6.07, 6.45) is 0.0148. The largest absolute Gasteiger partial charge is 0.477 e. The van der Waals surface area contributed by atoms with E-state index in [0.717, 1.165) is 25.8 Å². The van der Waals surface area contributed by atoms with Crippen LogP contribution in [-0.4, -0.2) is 86.1 Å². The number of ether oxygens (including phenoxy) is 1. The third-order valence-corrected chi connectivity index (χ3v) is 10.6. The lowest BCUT2D eigenvalue weighted by atomic mass is 9.93. The standard InChI is InChI=1S/C31H37ClF3N11O4S.ClH/c1-29(2)17-20(18-36-29)5-4-14-45(19-22-39-43-44-40-22)23-6-3-7-26(37-23)51(48,49)42-28(47)21-8-9-24(38-27(21)32)46-15-10-25(41-46)50-16-13-30(11-12-30)31(33,34)35;/h3,6-10,15,20,36H,4-5,11-14,16-19H2,1-2H3,(H,42,47)(H,39,40,43,44);1H/t20-;/m0./s1. The molecule has 4 aromatic rings. The summed E-state index contributed by atoms with van der Waals surface area (Å²) in [5.41, 5.74) is -1.82. The lowest BCUT2D eigenvalue weighted by Gasteiger charge is -2.23. The number of carbonyl (C=O) groups is 1. The van der Waals surface area contributed by atoms with Gasteiger partial charge >= 0.3 is 6.18 Å². The van der Waals surface area contributed by atoms with E-state index in [2.05, 4.69) is 54.9 Å². The first kappa shape index (κ1) is 39.1. The van der Waals surface area contributed by atoms with E-state index in [1.807, 2.05) is 9.62 Å². The number of aromatic amines is 1. The summed E-state index contributed by atoms with van der Waals surface area (Å²) in [5.74, 6) is 0.471. The van der Waals surface area contributed by atoms with E-state index >= 15 is 0 Å². The van der Waals surface area contributed by atoms with E-state index in [0.29, 0.717) is 24.1 Å². The second kappa shape index (κ2) is 15.5. The van der Waals surface area contributed by atoms with Gasteiger partial charge < -0.3 is 15.0 Å². The van der Waals surface area contributed by atoms with Gasteiger partial charge in [-0.3, -0.25) is 4.79 Å². The lowest BCUT2D eigenvalue weighted by Crippen LogP contribution is -2.32. The molecule has 15 nitrogen and oxygen atoms in total. The number of tetrazole rings is 1. The van der Waals surface area contributed by atoms with Gasteiger partial charge in [-0.1, -0.05) is 22.9 Å². The van der Waals surface area contributed by atoms with Crippen molar-refractivity contribution >= 4 is 45.8 Å². The van der Waals surface area contributed by atoms with Crippen molar-refractivity contribution in [2.45, 2.75) is 75.7 Å². The zero-order valence-electron chi connectivity index (χ0n) is 28.2. The Morgan fingerprint density at radius 2 is 1.96 bits per heavy atom. The van der Waals surface area contributed by atoms with Gasteiger partial charge in [-0.2, -0.15) is 26.8 Å². The first-order valence-electron chi connectivity index (χ1n) is 16.3. The number of pyridine rings is 2. The van der Waals surface area contributed by atoms with Gasteiger partial charge in [0.05, 0.1) is 24.1 Å². The fourth-order valence-electron chi connectivity index (χ4n) is 6.13. The topological polar surface area (TPSA) is 186 Å². The fourth-order valence-corrected chi connectivity index (χ4v) is 7.29. The molecule has 0 bridgehead atoms. The van der Waals surface area contributed by atoms with Crippen molar-refractivity contribution in [3.63, 3.8) is 0 Å². The van der Waals surface area contributed by atoms with E-state index in [1.54, 1.807) is 6.07 Å². The minimum absolute atomic E-state index is 0. The molecule has 1 aliphatic carbocycles. The molecule has 0 aromatic carbocycles. The molecule has 282 valence electrons. The number of rotatable bonds is 15. The number of aromatic nitrogens is 8. The summed E-state index contributed by atoms with van der Waals surface area (Å²) in [6, 6.07) is 8.57. The highest BCUT2D eigenvalue weighted by molar-refractivity contribution is 7.90. The SMILES string of the molecule is CC1(C)C[C@H](CCCN(Cc2nn[nH]n2)c2cccc(S(=O)(=O)NC(=O)c3ccc(-n4ccc(OCCC5(C(F)(F)F)CC5)n4)nc3Cl)n2)CN1.Cl. The number of hydrogen-bond acceptors (Lipinski definition) is 12. The zero-order chi connectivity index (χ0) is 36.4. The second-order valence-electron chi connectivity index (χ2n) is 13.5. The maximum Gasteiger partial charge on any atom is 0.394 e. The number of alkyl halides is 3. The van der Waals surface area contributed by atoms with Gasteiger partial charge in [-0.25, -0.2) is 19.4 Å². The van der Waals surface area contributed by atoms with Crippen molar-refractivity contribution in [3.8, 4) is 11.7 Å². The minimum atomic E-state index is -4.46. The molecule has 1 saturated carbocycles. The van der Waals surface area contributed by atoms with Crippen molar-refractivity contribution in [1.29, 1.82) is 0 Å². The molecule has 1 saturated heterocycles. The Kier molecular flexibility index (Phi) is 11.7. The summed E-state index contributed by atoms with van der Waals surface area (Å²) < 4.78 is 74.9. The van der Waals surface area contributed by atoms with Crippen molar-refractivity contribution in [2.24, 2.45) is 11.3 Å². The third-order valence-electron chi connectivity index (χ3n) is 9.13. The molecule has 2 fully saturated rings. The third kappa shape index (κ3) is 9.28. The normalized spacial score (nSPS) is 17.7. The fraction of sp³-hybridized carbons (Fsp3) is 0.516. The number of nitrogens with one attached hydrogen (secondary N) is 3. The van der Waals surface area contributed by atoms with E-state index < -0.39 is 27.5 Å². The highest BCUT2D eigenvalue weighted by atomic mass is 35.5. The molecular formula is C31H38Cl2F3N11O4S. The number of amides is 1. The van der Waals surface area contributed by atoms with Crippen LogP contribution in [0.3, 0.4) is 0 Å². The molecular weight excluding hydrogens is 750 g/mol. The van der Waals surface area contributed by atoms with Crippen molar-refractivity contribution in [2.75, 3.05) is 24.6 Å². The second-order valence-corrected chi connectivity index (χ2v) is 15.5. The number of H-pyrrole nitrogens is 1. The molecule has 4 aromatic heterocycles. The van der Waals surface area contributed by atoms with Crippen LogP contribution in [0.25, 0.3) is 5.82 Å². The van der Waals surface area contributed by atoms with Gasteiger partial charge in [-0.15, -0.1) is 27.7 Å². The molecule has 52 heavy (non-hydrogen) atoms. The average molecular weight is 789 g/mol. The van der Waals surface area contributed by atoms with E-state index in [1.165, 1.54) is 41.2 Å². The Morgan fingerprint density at radius 1 is 1.17 bits per heavy atom. The molecule has 0 spiro atoms. The van der Waals surface area contributed by atoms with Crippen LogP contribution in [0.4, 0.5) is 19.0 Å². The number of nitrogens with zero attached hydrogens (tertiary/aromatic N) is 8. The van der Waals surface area contributed by atoms with Crippen LogP contribution in [0, 0.1) is 11.3 Å². The van der Waals surface area contributed by atoms with Crippen LogP contribution in [0.15, 0.2) is 47.6 Å². The Labute approximate surface area is 308 Å². The molecule has 1 amide bonds. The summed E-state index contributed by atoms with van der Waals surface area (Å²) in [4.78, 5) is 23.5. The van der Waals surface area contributed by atoms with E-state index in [4.69, 9.17) is 16.3 Å². The number of carbonyl (C=O) groups excluding carboxylic acids is 1. The summed E-state index contributed by atoms with van der Waals surface area (Å²) >= 11 is 6.29. The van der Waals surface area contributed by atoms with Gasteiger partial charge in [0.15, 0.2) is 16.7 Å². The van der Waals surface area contributed by atoms with Gasteiger partial charge in [0.25, 0.3) is 15.9 Å². The van der Waals surface area contributed by atoms with Crippen LogP contribution < -0.4 is 19.7 Å². The van der Waals surface area contributed by atoms with Crippen LogP contribution in [-0.2, 0) is 16.6 Å². The van der Waals surface area contributed by atoms with Crippen molar-refractivity contribution in [1.82, 2.24) is 50.4 Å². The lowest BCUT2D eigenvalue weighted by molar-refractivity contribution is -0.190. The smallest absolute Gasteiger partial charge is 0.394 e. The molecule has 3 N–H and O–H groups in total. The number of hydrogen-bond donors (Lipinski definition) is 3. The first-order valence-corrected chi connectivity index (χ1v) is 18.2. The average Bonchev–Trinajstić information content (AvgIpc) is 3.35. The van der Waals surface area contributed by atoms with E-state index in [9.17, 15) is 26.4 Å². The van der Waals surface area contributed by atoms with Crippen molar-refractivity contribution in [3.05, 3.63) is 59.1 Å². The minimum Gasteiger partial charge on any atom is -0.477 e. The zero-order valence-corrected chi connectivity index (χ0v) is 30.6. The maximum absolute atomic E-state index is 13.4. The first-order chi connectivity index (χ1) is 24.1. The Morgan fingerprint density at radius 3 is 2.62 bits per heavy atom. The van der Waals surface area contributed by atoms with E-state index in [-0.39, 0.29) is 77.8 Å². The van der Waals surface area contributed by atoms with Crippen LogP contribution in [0.5, 0.6) is 5.88 Å². The molecule has 0 radical (unpaired) electrons. The molecule has 1 atom stereocenters. The quantitative estimate of drug-likeness (QED) is 0.142. The van der Waals surface area contributed by atoms with Gasteiger partial charge in [0, 0.05) is 24.3 Å². The molecule has 21 heteroatoms. The molecule has 5 heterocycles. The van der Waals surface area contributed by atoms with Crippen molar-refractivity contribution < 1.29 is 31.1 Å². The highest BCUT2D eigenvalue weighted by Gasteiger charge is 2.62. The number of anilines is 1. The molecule has 2 aliphatic rings. The molecule has 6 rings (SSSR count). The number of halogens is 5. The summed E-state index contributed by atoms with van der Waals surface area (Å²) in [5, 5.41) is 21.1. The molecule has 1 aliphatic heterocycles. The Bertz CT molecular complexity index is 1960. The number of sulfonamides is 1. The maximum atomic E-state index is 13.4. The Hall–Kier alpha value is -4.07. The van der Waals surface area contributed by atoms with Gasteiger partial charge in [0.2, 0.25) is 5.88 Å². The summed E-state index contributed by atoms with van der Waals surface area (Å²) in [7, 11) is -4.46. The van der Waals surface area contributed by atoms with Gasteiger partial charge in [0.1, 0.15) is 11.0 Å². The predicted molar refractivity (Wildman–Crippen MR) is 185 cm³/mol. The monoisotopic (exact) mass is 787 g/mol. The van der Waals surface area contributed by atoms with Crippen LogP contribution in [0.2, 0.25) is 5.15 Å². The van der Waals surface area contributed by atoms with Crippen LogP contribution in [0.1, 0.15) is 68.6 Å². The molecule has 0 unspecified atom stereocenters. The highest BCUT2D eigenvalue weighted by Crippen LogP contribution is 2.59.